The molecule has 2 aromatic carbocycles. The maximum Gasteiger partial charge on any atom is 0.335 e. The van der Waals surface area contributed by atoms with Gasteiger partial charge in [0.25, 0.3) is 15.9 Å². The summed E-state index contributed by atoms with van der Waals surface area (Å²) in [5.41, 5.74) is 7.09. The summed E-state index contributed by atoms with van der Waals surface area (Å²) in [7, 11) is -4.00. The number of sulfonamides is 1. The van der Waals surface area contributed by atoms with E-state index in [1.165, 1.54) is 28.9 Å². The van der Waals surface area contributed by atoms with Crippen molar-refractivity contribution < 1.29 is 23.1 Å². The molecule has 0 atom stereocenters. The number of aromatic carboxylic acids is 1. The van der Waals surface area contributed by atoms with E-state index in [9.17, 15) is 23.1 Å². The number of aromatic nitrogens is 2. The van der Waals surface area contributed by atoms with Crippen molar-refractivity contribution in [3.05, 3.63) is 71.0 Å². The lowest BCUT2D eigenvalue weighted by atomic mass is 10.1. The number of carbonyl (C=O) groups is 2. The summed E-state index contributed by atoms with van der Waals surface area (Å²) in [6.07, 6.45) is 1.56. The number of carbonyl (C=O) groups excluding carboxylic acids is 1. The molecule has 1 amide bonds. The largest absolute Gasteiger partial charge is 0.478 e. The lowest BCUT2D eigenvalue weighted by Crippen LogP contribution is -2.16. The number of rotatable bonds is 6. The SMILES string of the molecule is Cc1cc(C(=O)O)cc(S(=O)(=O)Nc2ccc(-n3ccc(C(N)=O)n3)cc2)c1C. The zero-order chi connectivity index (χ0) is 21.3. The van der Waals surface area contributed by atoms with Crippen molar-refractivity contribution in [3.8, 4) is 5.69 Å². The van der Waals surface area contributed by atoms with Crippen LogP contribution in [-0.2, 0) is 10.0 Å². The second-order valence-corrected chi connectivity index (χ2v) is 8.03. The van der Waals surface area contributed by atoms with Crippen LogP contribution >= 0.6 is 0 Å². The number of primary amides is 1. The maximum absolute atomic E-state index is 12.8. The number of nitrogens with two attached hydrogens (primary N) is 1. The summed E-state index contributed by atoms with van der Waals surface area (Å²) in [5, 5.41) is 13.2. The average Bonchev–Trinajstić information content (AvgIpc) is 3.14. The highest BCUT2D eigenvalue weighted by Crippen LogP contribution is 2.24. The van der Waals surface area contributed by atoms with E-state index in [0.29, 0.717) is 16.8 Å². The fourth-order valence-corrected chi connectivity index (χ4v) is 4.12. The molecule has 0 aliphatic rings. The summed E-state index contributed by atoms with van der Waals surface area (Å²) in [5.74, 6) is -1.86. The Kier molecular flexibility index (Phi) is 5.12. The molecule has 0 saturated carbocycles. The van der Waals surface area contributed by atoms with Gasteiger partial charge in [-0.2, -0.15) is 5.10 Å². The first-order chi connectivity index (χ1) is 13.6. The Balaban J connectivity index is 1.89. The zero-order valence-corrected chi connectivity index (χ0v) is 16.4. The van der Waals surface area contributed by atoms with Gasteiger partial charge in [-0.15, -0.1) is 0 Å². The second kappa shape index (κ2) is 7.40. The van der Waals surface area contributed by atoms with Crippen LogP contribution in [0, 0.1) is 13.8 Å². The van der Waals surface area contributed by atoms with Gasteiger partial charge in [0.1, 0.15) is 5.69 Å². The molecule has 10 heteroatoms. The molecule has 0 radical (unpaired) electrons. The Labute approximate surface area is 166 Å². The summed E-state index contributed by atoms with van der Waals surface area (Å²) in [6.45, 7) is 3.27. The normalized spacial score (nSPS) is 11.2. The third-order valence-corrected chi connectivity index (χ3v) is 5.89. The molecule has 0 bridgehead atoms. The number of hydrogen-bond acceptors (Lipinski definition) is 5. The van der Waals surface area contributed by atoms with Crippen LogP contribution in [0.2, 0.25) is 0 Å². The molecule has 150 valence electrons. The first-order valence-electron chi connectivity index (χ1n) is 8.42. The fraction of sp³-hybridized carbons (Fsp3) is 0.105. The van der Waals surface area contributed by atoms with Crippen LogP contribution < -0.4 is 10.5 Å². The number of nitrogens with zero attached hydrogens (tertiary/aromatic N) is 2. The van der Waals surface area contributed by atoms with Crippen LogP contribution in [0.4, 0.5) is 5.69 Å². The number of carboxylic acids is 1. The monoisotopic (exact) mass is 414 g/mol. The molecule has 0 fully saturated rings. The molecule has 29 heavy (non-hydrogen) atoms. The molecular formula is C19H18N4O5S. The van der Waals surface area contributed by atoms with E-state index >= 15 is 0 Å². The highest BCUT2D eigenvalue weighted by Gasteiger charge is 2.21. The van der Waals surface area contributed by atoms with Crippen molar-refractivity contribution in [2.24, 2.45) is 5.73 Å². The maximum atomic E-state index is 12.8. The number of anilines is 1. The molecule has 9 nitrogen and oxygen atoms in total. The Hall–Kier alpha value is -3.66. The molecule has 0 saturated heterocycles. The third kappa shape index (κ3) is 4.11. The number of carboxylic acid groups (broad SMARTS) is 1. The third-order valence-electron chi connectivity index (χ3n) is 4.38. The molecule has 3 aromatic rings. The topological polar surface area (TPSA) is 144 Å². The summed E-state index contributed by atoms with van der Waals surface area (Å²) in [6, 6.07) is 10.3. The zero-order valence-electron chi connectivity index (χ0n) is 15.6. The van der Waals surface area contributed by atoms with Gasteiger partial charge in [0.05, 0.1) is 16.1 Å². The van der Waals surface area contributed by atoms with Crippen molar-refractivity contribution in [1.82, 2.24) is 9.78 Å². The van der Waals surface area contributed by atoms with Gasteiger partial charge in [-0.3, -0.25) is 9.52 Å². The molecule has 0 aliphatic carbocycles. The molecule has 4 N–H and O–H groups in total. The minimum absolute atomic E-state index is 0.0999. The smallest absolute Gasteiger partial charge is 0.335 e. The summed E-state index contributed by atoms with van der Waals surface area (Å²) in [4.78, 5) is 22.3. The first kappa shape index (κ1) is 20.1. The van der Waals surface area contributed by atoms with Gasteiger partial charge in [0.2, 0.25) is 0 Å². The van der Waals surface area contributed by atoms with E-state index in [2.05, 4.69) is 9.82 Å². The lowest BCUT2D eigenvalue weighted by molar-refractivity contribution is 0.0696. The van der Waals surface area contributed by atoms with Crippen molar-refractivity contribution >= 4 is 27.6 Å². The molecule has 1 heterocycles. The Morgan fingerprint density at radius 3 is 2.31 bits per heavy atom. The first-order valence-corrected chi connectivity index (χ1v) is 9.90. The van der Waals surface area contributed by atoms with Crippen molar-refractivity contribution in [3.63, 3.8) is 0 Å². The van der Waals surface area contributed by atoms with Gasteiger partial charge in [-0.05, 0) is 67.4 Å². The molecule has 1 aromatic heterocycles. The van der Waals surface area contributed by atoms with Crippen LogP contribution in [0.5, 0.6) is 0 Å². The quantitative estimate of drug-likeness (QED) is 0.563. The van der Waals surface area contributed by atoms with Gasteiger partial charge in [-0.25, -0.2) is 17.9 Å². The number of hydrogen-bond donors (Lipinski definition) is 3. The van der Waals surface area contributed by atoms with Crippen LogP contribution in [0.3, 0.4) is 0 Å². The Bertz CT molecular complexity index is 1210. The van der Waals surface area contributed by atoms with Crippen LogP contribution in [0.15, 0.2) is 53.6 Å². The number of aryl methyl sites for hydroxylation is 1. The van der Waals surface area contributed by atoms with E-state index in [1.54, 1.807) is 32.2 Å². The van der Waals surface area contributed by atoms with Gasteiger partial charge >= 0.3 is 5.97 Å². The predicted octanol–water partition coefficient (Wildman–Crippen LogP) is 2.09. The number of nitrogens with one attached hydrogen (secondary N) is 1. The predicted molar refractivity (Wildman–Crippen MR) is 106 cm³/mol. The van der Waals surface area contributed by atoms with Crippen LogP contribution in [0.25, 0.3) is 5.69 Å². The minimum Gasteiger partial charge on any atom is -0.478 e. The van der Waals surface area contributed by atoms with E-state index in [0.717, 1.165) is 6.07 Å². The van der Waals surface area contributed by atoms with Gasteiger partial charge in [0.15, 0.2) is 0 Å². The molecular weight excluding hydrogens is 396 g/mol. The van der Waals surface area contributed by atoms with E-state index < -0.39 is 21.9 Å². The molecule has 0 unspecified atom stereocenters. The van der Waals surface area contributed by atoms with Crippen molar-refractivity contribution in [2.45, 2.75) is 18.7 Å². The second-order valence-electron chi connectivity index (χ2n) is 6.38. The highest BCUT2D eigenvalue weighted by atomic mass is 32.2. The lowest BCUT2D eigenvalue weighted by Gasteiger charge is -2.13. The average molecular weight is 414 g/mol. The highest BCUT2D eigenvalue weighted by molar-refractivity contribution is 7.92. The van der Waals surface area contributed by atoms with Crippen molar-refractivity contribution in [2.75, 3.05) is 4.72 Å². The van der Waals surface area contributed by atoms with Gasteiger partial charge in [0, 0.05) is 11.9 Å². The minimum atomic E-state index is -4.00. The van der Waals surface area contributed by atoms with E-state index in [4.69, 9.17) is 5.73 Å². The fourth-order valence-electron chi connectivity index (χ4n) is 2.72. The van der Waals surface area contributed by atoms with Crippen LogP contribution in [-0.4, -0.2) is 35.2 Å². The van der Waals surface area contributed by atoms with E-state index in [1.807, 2.05) is 0 Å². The Morgan fingerprint density at radius 1 is 1.10 bits per heavy atom. The standard InChI is InChI=1S/C19H18N4O5S/c1-11-9-13(19(25)26)10-17(12(11)2)29(27,28)22-14-3-5-15(6-4-14)23-8-7-16(21-23)18(20)24/h3-10,22H,1-2H3,(H2,20,24)(H,25,26). The molecule has 3 rings (SSSR count). The summed E-state index contributed by atoms with van der Waals surface area (Å²) >= 11 is 0. The van der Waals surface area contributed by atoms with Gasteiger partial charge < -0.3 is 10.8 Å². The number of amides is 1. The van der Waals surface area contributed by atoms with E-state index in [-0.39, 0.29) is 21.8 Å². The van der Waals surface area contributed by atoms with Crippen LogP contribution in [0.1, 0.15) is 32.0 Å². The summed E-state index contributed by atoms with van der Waals surface area (Å²) < 4.78 is 29.5. The molecule has 0 aliphatic heterocycles. The molecule has 0 spiro atoms. The van der Waals surface area contributed by atoms with Crippen molar-refractivity contribution in [1.29, 1.82) is 0 Å². The number of benzene rings is 2. The Morgan fingerprint density at radius 2 is 1.76 bits per heavy atom. The van der Waals surface area contributed by atoms with Gasteiger partial charge in [-0.1, -0.05) is 0 Å².